The quantitative estimate of drug-likeness (QED) is 0.306. The fourth-order valence-electron chi connectivity index (χ4n) is 2.14. The first kappa shape index (κ1) is 19.9. The highest BCUT2D eigenvalue weighted by molar-refractivity contribution is 6.71. The predicted molar refractivity (Wildman–Crippen MR) is 91.2 cm³/mol. The third-order valence-corrected chi connectivity index (χ3v) is 6.17. The van der Waals surface area contributed by atoms with Crippen LogP contribution in [0.5, 0.6) is 0 Å². The minimum Gasteiger partial charge on any atom is -0.391 e. The molecular formula is C17H36O2Si. The molecule has 2 unspecified atom stereocenters. The van der Waals surface area contributed by atoms with Crippen LogP contribution < -0.4 is 0 Å². The molecule has 0 heterocycles. The highest BCUT2D eigenvalue weighted by Crippen LogP contribution is 2.17. The monoisotopic (exact) mass is 300 g/mol. The largest absolute Gasteiger partial charge is 0.391 e. The molecule has 0 aromatic rings. The van der Waals surface area contributed by atoms with Crippen molar-refractivity contribution in [1.29, 1.82) is 0 Å². The van der Waals surface area contributed by atoms with Crippen LogP contribution in [0.4, 0.5) is 0 Å². The second-order valence-corrected chi connectivity index (χ2v) is 8.87. The maximum Gasteiger partial charge on any atom is 0.361 e. The maximum atomic E-state index is 6.13. The predicted octanol–water partition coefficient (Wildman–Crippen LogP) is 5.61. The fourth-order valence-corrected chi connectivity index (χ4v) is 3.58. The number of rotatable bonds is 14. The molecule has 0 saturated heterocycles. The summed E-state index contributed by atoms with van der Waals surface area (Å²) >= 11 is 0. The van der Waals surface area contributed by atoms with Gasteiger partial charge in [0.15, 0.2) is 0 Å². The van der Waals surface area contributed by atoms with Crippen LogP contribution in [0, 0.1) is 5.92 Å². The molecule has 120 valence electrons. The lowest BCUT2D eigenvalue weighted by Crippen LogP contribution is -2.38. The number of hydrogen-bond acceptors (Lipinski definition) is 2. The lowest BCUT2D eigenvalue weighted by atomic mass is 10.0. The van der Waals surface area contributed by atoms with E-state index in [2.05, 4.69) is 33.9 Å². The van der Waals surface area contributed by atoms with Crippen molar-refractivity contribution in [3.63, 3.8) is 0 Å². The van der Waals surface area contributed by atoms with Gasteiger partial charge in [-0.1, -0.05) is 59.3 Å². The second kappa shape index (κ2) is 12.6. The number of unbranched alkanes of at least 4 members (excludes halogenated alkanes) is 4. The molecule has 0 saturated carbocycles. The molecule has 2 nitrogen and oxygen atoms in total. The van der Waals surface area contributed by atoms with Gasteiger partial charge in [0.1, 0.15) is 0 Å². The third-order valence-electron chi connectivity index (χ3n) is 3.91. The first-order chi connectivity index (χ1) is 9.61. The van der Waals surface area contributed by atoms with Crippen molar-refractivity contribution in [1.82, 2.24) is 0 Å². The van der Waals surface area contributed by atoms with E-state index in [0.29, 0.717) is 5.92 Å². The summed E-state index contributed by atoms with van der Waals surface area (Å²) < 4.78 is 12.2. The van der Waals surface area contributed by atoms with Gasteiger partial charge < -0.3 is 8.85 Å². The van der Waals surface area contributed by atoms with Gasteiger partial charge in [0.2, 0.25) is 0 Å². The van der Waals surface area contributed by atoms with Gasteiger partial charge in [-0.15, -0.1) is 6.58 Å². The van der Waals surface area contributed by atoms with Gasteiger partial charge in [0.05, 0.1) is 0 Å². The number of hydrogen-bond donors (Lipinski definition) is 0. The summed E-state index contributed by atoms with van der Waals surface area (Å²) in [4.78, 5) is 0. The summed E-state index contributed by atoms with van der Waals surface area (Å²) in [6, 6.07) is 0. The Hall–Kier alpha value is -0.123. The van der Waals surface area contributed by atoms with E-state index in [1.807, 2.05) is 5.70 Å². The van der Waals surface area contributed by atoms with Gasteiger partial charge in [-0.3, -0.25) is 0 Å². The Balaban J connectivity index is 3.98. The van der Waals surface area contributed by atoms with Crippen LogP contribution in [0.15, 0.2) is 12.3 Å². The molecule has 0 N–H and O–H groups in total. The van der Waals surface area contributed by atoms with Crippen molar-refractivity contribution in [2.45, 2.75) is 78.7 Å². The Morgan fingerprint density at radius 3 is 2.25 bits per heavy atom. The van der Waals surface area contributed by atoms with E-state index in [1.54, 1.807) is 0 Å². The zero-order valence-electron chi connectivity index (χ0n) is 14.2. The smallest absolute Gasteiger partial charge is 0.361 e. The van der Waals surface area contributed by atoms with Crippen molar-refractivity contribution in [3.8, 4) is 0 Å². The van der Waals surface area contributed by atoms with Crippen molar-refractivity contribution >= 4 is 8.56 Å². The van der Waals surface area contributed by atoms with Crippen molar-refractivity contribution in [2.24, 2.45) is 5.92 Å². The molecular weight excluding hydrogens is 264 g/mol. The van der Waals surface area contributed by atoms with Gasteiger partial charge in [0, 0.05) is 13.2 Å². The Morgan fingerprint density at radius 2 is 1.70 bits per heavy atom. The molecule has 2 atom stereocenters. The van der Waals surface area contributed by atoms with Gasteiger partial charge >= 0.3 is 8.56 Å². The molecule has 0 aliphatic carbocycles. The fraction of sp³-hybridized carbons (Fsp3) is 0.882. The lowest BCUT2D eigenvalue weighted by molar-refractivity contribution is 0.150. The first-order valence-corrected chi connectivity index (χ1v) is 10.9. The second-order valence-electron chi connectivity index (χ2n) is 5.86. The Labute approximate surface area is 128 Å². The normalized spacial score (nSPS) is 15.8. The van der Waals surface area contributed by atoms with Gasteiger partial charge in [-0.2, -0.15) is 0 Å². The van der Waals surface area contributed by atoms with Crippen LogP contribution >= 0.6 is 0 Å². The molecule has 20 heavy (non-hydrogen) atoms. The van der Waals surface area contributed by atoms with Crippen LogP contribution in [-0.4, -0.2) is 21.8 Å². The van der Waals surface area contributed by atoms with Gasteiger partial charge in [-0.05, 0) is 31.0 Å². The van der Waals surface area contributed by atoms with E-state index >= 15 is 0 Å². The van der Waals surface area contributed by atoms with E-state index in [9.17, 15) is 0 Å². The van der Waals surface area contributed by atoms with E-state index in [1.165, 1.54) is 44.9 Å². The van der Waals surface area contributed by atoms with Crippen molar-refractivity contribution < 1.29 is 8.85 Å². The standard InChI is InChI=1S/C17H36O2Si/c1-6-10-12-13-15-18-20(5,9-4)19-16-17(8-3)14-11-7-2/h9,17H,4,6-8,10-16H2,1-3,5H3. The molecule has 0 spiro atoms. The molecule has 0 aliphatic rings. The minimum absolute atomic E-state index is 0.672. The lowest BCUT2D eigenvalue weighted by Gasteiger charge is -2.26. The Bertz CT molecular complexity index is 233. The minimum atomic E-state index is -2.14. The Morgan fingerprint density at radius 1 is 1.00 bits per heavy atom. The van der Waals surface area contributed by atoms with Crippen molar-refractivity contribution in [3.05, 3.63) is 12.3 Å². The topological polar surface area (TPSA) is 18.5 Å². The molecule has 0 bridgehead atoms. The molecule has 3 heteroatoms. The van der Waals surface area contributed by atoms with Crippen LogP contribution in [0.3, 0.4) is 0 Å². The molecule has 0 aromatic carbocycles. The first-order valence-electron chi connectivity index (χ1n) is 8.53. The highest BCUT2D eigenvalue weighted by atomic mass is 28.4. The van der Waals surface area contributed by atoms with E-state index in [-0.39, 0.29) is 0 Å². The molecule has 0 radical (unpaired) electrons. The summed E-state index contributed by atoms with van der Waals surface area (Å²) in [6.45, 7) is 14.4. The molecule has 0 rings (SSSR count). The Kier molecular flexibility index (Phi) is 12.5. The average Bonchev–Trinajstić information content (AvgIpc) is 2.47. The summed E-state index contributed by atoms with van der Waals surface area (Å²) in [7, 11) is -2.14. The summed E-state index contributed by atoms with van der Waals surface area (Å²) in [5.74, 6) is 0.672. The molecule has 0 amide bonds. The van der Waals surface area contributed by atoms with E-state index < -0.39 is 8.56 Å². The average molecular weight is 301 g/mol. The summed E-state index contributed by atoms with van der Waals surface area (Å²) in [5.41, 5.74) is 1.93. The van der Waals surface area contributed by atoms with Gasteiger partial charge in [0.25, 0.3) is 0 Å². The summed E-state index contributed by atoms with van der Waals surface area (Å²) in [6.07, 6.45) is 9.98. The van der Waals surface area contributed by atoms with Gasteiger partial charge in [-0.25, -0.2) is 0 Å². The van der Waals surface area contributed by atoms with Crippen LogP contribution in [0.25, 0.3) is 0 Å². The third kappa shape index (κ3) is 9.73. The zero-order valence-corrected chi connectivity index (χ0v) is 15.2. The molecule has 0 aromatic heterocycles. The van der Waals surface area contributed by atoms with Crippen LogP contribution in [0.2, 0.25) is 6.55 Å². The zero-order chi connectivity index (χ0) is 15.3. The van der Waals surface area contributed by atoms with Crippen LogP contribution in [-0.2, 0) is 8.85 Å². The van der Waals surface area contributed by atoms with Crippen LogP contribution in [0.1, 0.15) is 72.1 Å². The molecule has 0 fully saturated rings. The van der Waals surface area contributed by atoms with Crippen molar-refractivity contribution in [2.75, 3.05) is 13.2 Å². The summed E-state index contributed by atoms with van der Waals surface area (Å²) in [5, 5.41) is 0. The van der Waals surface area contributed by atoms with E-state index in [4.69, 9.17) is 8.85 Å². The highest BCUT2D eigenvalue weighted by Gasteiger charge is 2.28. The maximum absolute atomic E-state index is 6.13. The molecule has 0 aliphatic heterocycles. The SMILES string of the molecule is C=C[Si](C)(OCCCCCC)OCC(CC)CCCC. The van der Waals surface area contributed by atoms with E-state index in [0.717, 1.165) is 19.6 Å².